The third kappa shape index (κ3) is 6.08. The molecule has 3 saturated carbocycles. The van der Waals surface area contributed by atoms with Crippen molar-refractivity contribution in [1.29, 1.82) is 0 Å². The maximum atomic E-state index is 16.2. The van der Waals surface area contributed by atoms with Crippen LogP contribution in [0.1, 0.15) is 86.0 Å². The monoisotopic (exact) mass is 492 g/mol. The van der Waals surface area contributed by atoms with Crippen LogP contribution >= 0.6 is 0 Å². The first-order valence-corrected chi connectivity index (χ1v) is 13.3. The van der Waals surface area contributed by atoms with Crippen LogP contribution in [-0.2, 0) is 9.53 Å². The fraction of sp³-hybridized carbons (Fsp3) is 0.759. The number of allylic oxidation sites excluding steroid dienone is 4. The highest BCUT2D eigenvalue weighted by molar-refractivity contribution is 5.77. The molecule has 0 radical (unpaired) electrons. The van der Waals surface area contributed by atoms with Crippen LogP contribution in [0.15, 0.2) is 35.5 Å². The molecule has 0 aromatic rings. The Morgan fingerprint density at radius 1 is 1.20 bits per heavy atom. The second-order valence-electron chi connectivity index (χ2n) is 12.0. The highest BCUT2D eigenvalue weighted by Gasteiger charge is 2.55. The summed E-state index contributed by atoms with van der Waals surface area (Å²) in [4.78, 5) is 12.2. The first-order valence-electron chi connectivity index (χ1n) is 13.3. The normalized spacial score (nSPS) is 35.6. The summed E-state index contributed by atoms with van der Waals surface area (Å²) in [7, 11) is 0. The van der Waals surface area contributed by atoms with Crippen molar-refractivity contribution in [3.63, 3.8) is 0 Å². The van der Waals surface area contributed by atoms with Crippen LogP contribution in [0, 0.1) is 22.7 Å². The smallest absolute Gasteiger partial charge is 0.314 e. The van der Waals surface area contributed by atoms with Gasteiger partial charge < -0.3 is 20.1 Å². The van der Waals surface area contributed by atoms with E-state index in [0.29, 0.717) is 25.2 Å². The van der Waals surface area contributed by atoms with E-state index in [2.05, 4.69) is 19.1 Å². The molecule has 3 fully saturated rings. The van der Waals surface area contributed by atoms with Crippen LogP contribution in [0.2, 0.25) is 0 Å². The topological polar surface area (TPSA) is 87.0 Å². The molecule has 35 heavy (non-hydrogen) atoms. The minimum atomic E-state index is -1.62. The van der Waals surface area contributed by atoms with Gasteiger partial charge in [0, 0.05) is 5.92 Å². The number of ether oxygens (including phenoxy) is 1. The third-order valence-corrected chi connectivity index (χ3v) is 8.86. The summed E-state index contributed by atoms with van der Waals surface area (Å²) in [5.74, 6) is -0.399. The number of carbonyl (C=O) groups excluding carboxylic acids is 1. The Hall–Kier alpha value is -1.50. The van der Waals surface area contributed by atoms with Crippen LogP contribution in [0.5, 0.6) is 0 Å². The van der Waals surface area contributed by atoms with Gasteiger partial charge in [0.1, 0.15) is 5.67 Å². The van der Waals surface area contributed by atoms with Gasteiger partial charge in [-0.2, -0.15) is 0 Å². The first-order chi connectivity index (χ1) is 16.3. The van der Waals surface area contributed by atoms with Gasteiger partial charge in [0.2, 0.25) is 0 Å². The van der Waals surface area contributed by atoms with Crippen molar-refractivity contribution >= 4 is 5.97 Å². The first kappa shape index (κ1) is 28.1. The zero-order chi connectivity index (χ0) is 26.0. The van der Waals surface area contributed by atoms with E-state index in [1.165, 1.54) is 17.7 Å². The Morgan fingerprint density at radius 2 is 1.86 bits per heavy atom. The van der Waals surface area contributed by atoms with Crippen molar-refractivity contribution in [1.82, 2.24) is 0 Å². The van der Waals surface area contributed by atoms with Crippen molar-refractivity contribution in [3.8, 4) is 0 Å². The quantitative estimate of drug-likeness (QED) is 0.336. The molecule has 3 N–H and O–H groups in total. The Bertz CT molecular complexity index is 845. The second-order valence-corrected chi connectivity index (χ2v) is 12.0. The molecule has 0 unspecified atom stereocenters. The molecular formula is C29H45FO5. The van der Waals surface area contributed by atoms with Crippen LogP contribution in [0.4, 0.5) is 4.39 Å². The summed E-state index contributed by atoms with van der Waals surface area (Å²) in [5, 5.41) is 30.6. The van der Waals surface area contributed by atoms with E-state index in [9.17, 15) is 20.1 Å². The van der Waals surface area contributed by atoms with E-state index in [0.717, 1.165) is 37.7 Å². The Balaban J connectivity index is 1.76. The van der Waals surface area contributed by atoms with Crippen LogP contribution < -0.4 is 0 Å². The molecule has 3 aliphatic rings. The van der Waals surface area contributed by atoms with E-state index in [1.807, 2.05) is 0 Å². The van der Waals surface area contributed by atoms with Crippen molar-refractivity contribution < 1.29 is 29.2 Å². The maximum absolute atomic E-state index is 16.2. The zero-order valence-electron chi connectivity index (χ0n) is 22.1. The van der Waals surface area contributed by atoms with Crippen molar-refractivity contribution in [3.05, 3.63) is 35.5 Å². The number of esters is 1. The molecule has 0 bridgehead atoms. The van der Waals surface area contributed by atoms with Gasteiger partial charge in [-0.3, -0.25) is 4.79 Å². The molecule has 3 aliphatic carbocycles. The highest BCUT2D eigenvalue weighted by Crippen LogP contribution is 2.61. The molecule has 5 nitrogen and oxygen atoms in total. The lowest BCUT2D eigenvalue weighted by Crippen LogP contribution is -2.42. The fourth-order valence-electron chi connectivity index (χ4n) is 6.77. The molecule has 0 spiro atoms. The molecule has 0 amide bonds. The highest BCUT2D eigenvalue weighted by atomic mass is 19.1. The minimum Gasteiger partial charge on any atom is -0.465 e. The van der Waals surface area contributed by atoms with Gasteiger partial charge in [-0.15, -0.1) is 0 Å². The summed E-state index contributed by atoms with van der Waals surface area (Å²) in [6, 6.07) is 0. The number of hydrogen-bond donors (Lipinski definition) is 3. The van der Waals surface area contributed by atoms with Gasteiger partial charge in [-0.25, -0.2) is 4.39 Å². The lowest BCUT2D eigenvalue weighted by molar-refractivity contribution is -0.158. The van der Waals surface area contributed by atoms with E-state index in [4.69, 9.17) is 4.74 Å². The number of aliphatic hydroxyl groups excluding tert-OH is 3. The predicted molar refractivity (Wildman–Crippen MR) is 135 cm³/mol. The second kappa shape index (κ2) is 10.9. The molecular weight excluding hydrogens is 447 g/mol. The number of alkyl halides is 1. The van der Waals surface area contributed by atoms with Crippen LogP contribution in [0.3, 0.4) is 0 Å². The molecule has 0 aliphatic heterocycles. The van der Waals surface area contributed by atoms with Gasteiger partial charge in [0.15, 0.2) is 0 Å². The number of hydrogen-bond acceptors (Lipinski definition) is 5. The van der Waals surface area contributed by atoms with Gasteiger partial charge in [0.25, 0.3) is 0 Å². The lowest BCUT2D eigenvalue weighted by Gasteiger charge is -2.45. The molecule has 6 heteroatoms. The summed E-state index contributed by atoms with van der Waals surface area (Å²) >= 11 is 0. The molecule has 3 rings (SSSR count). The summed E-state index contributed by atoms with van der Waals surface area (Å²) < 4.78 is 21.3. The Kier molecular flexibility index (Phi) is 8.71. The standard InChI is InChI=1S/C29H45FO5/c1-6-35-26(34)27(2,3)25(33)13-15-29(5,30)24-12-11-23-20(8-7-14-28(23,24)4)10-9-19-16-21(31)18-22(32)17-19/h9-10,13,15,21-25,31-33H,6-8,11-12,14,16-18H2,1-5H3/t21-,22-,23+,24+,25+,28+,29+/m1/s1. The van der Waals surface area contributed by atoms with Crippen LogP contribution in [-0.4, -0.2) is 51.9 Å². The summed E-state index contributed by atoms with van der Waals surface area (Å²) in [5.41, 5.74) is -0.551. The third-order valence-electron chi connectivity index (χ3n) is 8.86. The largest absolute Gasteiger partial charge is 0.465 e. The van der Waals surface area contributed by atoms with E-state index >= 15 is 4.39 Å². The average molecular weight is 493 g/mol. The van der Waals surface area contributed by atoms with Crippen molar-refractivity contribution in [2.75, 3.05) is 6.61 Å². The van der Waals surface area contributed by atoms with E-state index in [1.54, 1.807) is 27.7 Å². The van der Waals surface area contributed by atoms with Gasteiger partial charge in [0.05, 0.1) is 30.3 Å². The minimum absolute atomic E-state index is 0.191. The summed E-state index contributed by atoms with van der Waals surface area (Å²) in [6.45, 7) is 8.97. The number of halogens is 1. The number of carbonyl (C=O) groups is 1. The maximum Gasteiger partial charge on any atom is 0.314 e. The SMILES string of the molecule is CCOC(=O)C(C)(C)[C@@H](O)C=C[C@](C)(F)[C@H]1CC[C@H]2C(=CC=C3C[C@@H](O)C[C@H](O)C3)CCC[C@@]21C. The molecule has 0 heterocycles. The molecule has 7 atom stereocenters. The molecule has 198 valence electrons. The summed E-state index contributed by atoms with van der Waals surface area (Å²) in [6.07, 6.45) is 11.3. The predicted octanol–water partition coefficient (Wildman–Crippen LogP) is 5.20. The van der Waals surface area contributed by atoms with Gasteiger partial charge >= 0.3 is 5.97 Å². The Morgan fingerprint density at radius 3 is 2.49 bits per heavy atom. The van der Waals surface area contributed by atoms with Gasteiger partial charge in [-0.05, 0) is 96.5 Å². The Labute approximate surface area is 210 Å². The lowest BCUT2D eigenvalue weighted by atomic mass is 9.60. The van der Waals surface area contributed by atoms with Gasteiger partial charge in [-0.1, -0.05) is 36.3 Å². The number of rotatable bonds is 7. The average Bonchev–Trinajstić information content (AvgIpc) is 3.14. The van der Waals surface area contributed by atoms with E-state index < -0.39 is 35.4 Å². The number of aliphatic hydroxyl groups is 3. The van der Waals surface area contributed by atoms with Crippen LogP contribution in [0.25, 0.3) is 0 Å². The van der Waals surface area contributed by atoms with E-state index in [-0.39, 0.29) is 17.9 Å². The molecule has 0 aromatic heterocycles. The van der Waals surface area contributed by atoms with Crippen molar-refractivity contribution in [2.24, 2.45) is 22.7 Å². The fourth-order valence-corrected chi connectivity index (χ4v) is 6.77. The zero-order valence-corrected chi connectivity index (χ0v) is 22.1. The molecule has 0 aromatic carbocycles. The molecule has 0 saturated heterocycles. The number of fused-ring (bicyclic) bond motifs is 1. The van der Waals surface area contributed by atoms with Crippen molar-refractivity contribution in [2.45, 2.75) is 110 Å².